The molecule has 0 saturated heterocycles. The molecule has 1 aromatic carbocycles. The normalized spacial score (nSPS) is 16.1. The van der Waals surface area contributed by atoms with E-state index in [1.165, 1.54) is 12.8 Å². The van der Waals surface area contributed by atoms with Crippen LogP contribution in [0.1, 0.15) is 24.8 Å². The van der Waals surface area contributed by atoms with E-state index in [2.05, 4.69) is 23.3 Å². The van der Waals surface area contributed by atoms with Crippen molar-refractivity contribution in [3.8, 4) is 0 Å². The van der Waals surface area contributed by atoms with Gasteiger partial charge < -0.3 is 10.6 Å². The molecule has 0 bridgehead atoms. The average molecular weight is 278 g/mol. The van der Waals surface area contributed by atoms with E-state index in [4.69, 9.17) is 0 Å². The lowest BCUT2D eigenvalue weighted by Crippen LogP contribution is -2.34. The number of rotatable bonds is 8. The third-order valence-electron chi connectivity index (χ3n) is 3.24. The van der Waals surface area contributed by atoms with E-state index in [9.17, 15) is 4.79 Å². The number of benzene rings is 1. The topological polar surface area (TPSA) is 41.1 Å². The number of thiol groups is 1. The van der Waals surface area contributed by atoms with E-state index < -0.39 is 0 Å². The number of nitrogens with one attached hydrogen (secondary N) is 2. The van der Waals surface area contributed by atoms with Crippen molar-refractivity contribution in [2.45, 2.75) is 37.0 Å². The Kier molecular flexibility index (Phi) is 5.73. The van der Waals surface area contributed by atoms with Crippen molar-refractivity contribution in [1.29, 1.82) is 0 Å². The Labute approximate surface area is 120 Å². The third-order valence-corrected chi connectivity index (χ3v) is 3.65. The summed E-state index contributed by atoms with van der Waals surface area (Å²) in [5.74, 6) is 0.0265. The van der Waals surface area contributed by atoms with Crippen molar-refractivity contribution in [2.75, 3.05) is 13.1 Å². The molecule has 1 aliphatic carbocycles. The molecule has 1 atom stereocenters. The quantitative estimate of drug-likeness (QED) is 0.501. The lowest BCUT2D eigenvalue weighted by Gasteiger charge is -2.11. The highest BCUT2D eigenvalue weighted by Gasteiger charge is 2.19. The van der Waals surface area contributed by atoms with Gasteiger partial charge in [0.25, 0.3) is 0 Å². The maximum absolute atomic E-state index is 11.8. The van der Waals surface area contributed by atoms with Crippen molar-refractivity contribution in [3.63, 3.8) is 0 Å². The zero-order chi connectivity index (χ0) is 13.5. The highest BCUT2D eigenvalue weighted by molar-refractivity contribution is 7.81. The van der Waals surface area contributed by atoms with E-state index >= 15 is 0 Å². The van der Waals surface area contributed by atoms with Gasteiger partial charge in [-0.3, -0.25) is 4.79 Å². The summed E-state index contributed by atoms with van der Waals surface area (Å²) in [4.78, 5) is 11.8. The first-order valence-corrected chi connectivity index (χ1v) is 7.50. The Morgan fingerprint density at radius 2 is 2.00 bits per heavy atom. The fourth-order valence-corrected chi connectivity index (χ4v) is 2.24. The molecule has 19 heavy (non-hydrogen) atoms. The van der Waals surface area contributed by atoms with Crippen LogP contribution in [0.4, 0.5) is 0 Å². The average Bonchev–Trinajstić information content (AvgIpc) is 3.23. The van der Waals surface area contributed by atoms with Gasteiger partial charge in [-0.15, -0.1) is 0 Å². The summed E-state index contributed by atoms with van der Waals surface area (Å²) >= 11 is 4.38. The fourth-order valence-electron chi connectivity index (χ4n) is 1.94. The molecule has 0 aromatic heterocycles. The standard InChI is InChI=1S/C15H22N2OS/c18-15(17-10-4-9-16-13-7-8-13)14(19)11-12-5-2-1-3-6-12/h1-3,5-6,13-14,16,19H,4,7-11H2,(H,17,18). The number of hydrogen-bond donors (Lipinski definition) is 3. The number of carbonyl (C=O) groups excluding carboxylic acids is 1. The highest BCUT2D eigenvalue weighted by atomic mass is 32.1. The van der Waals surface area contributed by atoms with Crippen molar-refractivity contribution in [3.05, 3.63) is 35.9 Å². The number of hydrogen-bond acceptors (Lipinski definition) is 3. The van der Waals surface area contributed by atoms with Gasteiger partial charge in [0.15, 0.2) is 0 Å². The van der Waals surface area contributed by atoms with Crippen LogP contribution in [-0.2, 0) is 11.2 Å². The number of carbonyl (C=O) groups is 1. The van der Waals surface area contributed by atoms with Crippen LogP contribution in [-0.4, -0.2) is 30.3 Å². The monoisotopic (exact) mass is 278 g/mol. The van der Waals surface area contributed by atoms with Crippen LogP contribution in [0.2, 0.25) is 0 Å². The number of amides is 1. The van der Waals surface area contributed by atoms with E-state index in [-0.39, 0.29) is 11.2 Å². The fraction of sp³-hybridized carbons (Fsp3) is 0.533. The molecule has 104 valence electrons. The first kappa shape index (κ1) is 14.4. The SMILES string of the molecule is O=C(NCCCNC1CC1)C(S)Cc1ccccc1. The van der Waals surface area contributed by atoms with Gasteiger partial charge in [0, 0.05) is 12.6 Å². The first-order valence-electron chi connectivity index (χ1n) is 6.99. The van der Waals surface area contributed by atoms with Crippen LogP contribution in [0.25, 0.3) is 0 Å². The zero-order valence-electron chi connectivity index (χ0n) is 11.1. The van der Waals surface area contributed by atoms with Gasteiger partial charge >= 0.3 is 0 Å². The largest absolute Gasteiger partial charge is 0.355 e. The Hall–Kier alpha value is -1.00. The van der Waals surface area contributed by atoms with Crippen LogP contribution >= 0.6 is 12.6 Å². The van der Waals surface area contributed by atoms with Crippen LogP contribution < -0.4 is 10.6 Å². The molecule has 1 unspecified atom stereocenters. The van der Waals surface area contributed by atoms with Crippen LogP contribution in [0.15, 0.2) is 30.3 Å². The van der Waals surface area contributed by atoms with Gasteiger partial charge in [-0.1, -0.05) is 30.3 Å². The minimum Gasteiger partial charge on any atom is -0.355 e. The molecule has 4 heteroatoms. The van der Waals surface area contributed by atoms with Gasteiger partial charge in [0.1, 0.15) is 0 Å². The molecule has 1 aromatic rings. The van der Waals surface area contributed by atoms with Gasteiger partial charge in [0.2, 0.25) is 5.91 Å². The van der Waals surface area contributed by atoms with E-state index in [0.717, 1.165) is 31.1 Å². The maximum Gasteiger partial charge on any atom is 0.233 e. The van der Waals surface area contributed by atoms with Crippen molar-refractivity contribution >= 4 is 18.5 Å². The molecule has 0 heterocycles. The second-order valence-electron chi connectivity index (χ2n) is 5.08. The predicted octanol–water partition coefficient (Wildman–Crippen LogP) is 1.79. The zero-order valence-corrected chi connectivity index (χ0v) is 12.0. The van der Waals surface area contributed by atoms with E-state index in [1.807, 2.05) is 30.3 Å². The molecule has 0 spiro atoms. The summed E-state index contributed by atoms with van der Waals surface area (Å²) in [6, 6.07) is 10.7. The molecule has 2 rings (SSSR count). The lowest BCUT2D eigenvalue weighted by atomic mass is 10.1. The molecule has 0 radical (unpaired) electrons. The molecular weight excluding hydrogens is 256 g/mol. The molecule has 1 amide bonds. The van der Waals surface area contributed by atoms with Crippen molar-refractivity contribution in [1.82, 2.24) is 10.6 Å². The summed E-state index contributed by atoms with van der Waals surface area (Å²) < 4.78 is 0. The third kappa shape index (κ3) is 5.66. The minimum absolute atomic E-state index is 0.0265. The summed E-state index contributed by atoms with van der Waals surface area (Å²) in [5, 5.41) is 6.11. The lowest BCUT2D eigenvalue weighted by molar-refractivity contribution is -0.120. The molecule has 1 saturated carbocycles. The van der Waals surface area contributed by atoms with Gasteiger partial charge in [0.05, 0.1) is 5.25 Å². The van der Waals surface area contributed by atoms with Crippen molar-refractivity contribution in [2.24, 2.45) is 0 Å². The van der Waals surface area contributed by atoms with Crippen LogP contribution in [0.5, 0.6) is 0 Å². The molecule has 1 fully saturated rings. The van der Waals surface area contributed by atoms with E-state index in [1.54, 1.807) is 0 Å². The summed E-state index contributed by atoms with van der Waals surface area (Å²) in [6.07, 6.45) is 4.27. The Bertz CT molecular complexity index is 392. The summed E-state index contributed by atoms with van der Waals surface area (Å²) in [7, 11) is 0. The second kappa shape index (κ2) is 7.56. The van der Waals surface area contributed by atoms with Gasteiger partial charge in [-0.05, 0) is 37.8 Å². The van der Waals surface area contributed by atoms with E-state index in [0.29, 0.717) is 6.42 Å². The molecule has 1 aliphatic rings. The first-order chi connectivity index (χ1) is 9.25. The minimum atomic E-state index is -0.265. The smallest absolute Gasteiger partial charge is 0.233 e. The maximum atomic E-state index is 11.8. The Balaban J connectivity index is 1.58. The van der Waals surface area contributed by atoms with Gasteiger partial charge in [-0.2, -0.15) is 12.6 Å². The molecular formula is C15H22N2OS. The molecule has 0 aliphatic heterocycles. The van der Waals surface area contributed by atoms with Crippen molar-refractivity contribution < 1.29 is 4.79 Å². The molecule has 3 nitrogen and oxygen atoms in total. The second-order valence-corrected chi connectivity index (χ2v) is 5.70. The highest BCUT2D eigenvalue weighted by Crippen LogP contribution is 2.18. The Morgan fingerprint density at radius 1 is 1.26 bits per heavy atom. The molecule has 2 N–H and O–H groups in total. The predicted molar refractivity (Wildman–Crippen MR) is 81.6 cm³/mol. The summed E-state index contributed by atoms with van der Waals surface area (Å²) in [6.45, 7) is 1.71. The Morgan fingerprint density at radius 3 is 2.68 bits per heavy atom. The summed E-state index contributed by atoms with van der Waals surface area (Å²) in [5.41, 5.74) is 1.15. The van der Waals surface area contributed by atoms with Crippen LogP contribution in [0, 0.1) is 0 Å². The van der Waals surface area contributed by atoms with Gasteiger partial charge in [-0.25, -0.2) is 0 Å². The van der Waals surface area contributed by atoms with Crippen LogP contribution in [0.3, 0.4) is 0 Å².